The molecule has 0 N–H and O–H groups in total. The molecule has 0 bridgehead atoms. The van der Waals surface area contributed by atoms with Crippen molar-refractivity contribution >= 4 is 17.5 Å². The third kappa shape index (κ3) is 4.69. The highest BCUT2D eigenvalue weighted by atomic mass is 35.5. The fraction of sp³-hybridized carbons (Fsp3) is 0.533. The molecule has 1 aromatic carbocycles. The molecule has 1 rings (SSSR count). The van der Waals surface area contributed by atoms with Gasteiger partial charge in [0, 0.05) is 19.5 Å². The van der Waals surface area contributed by atoms with Crippen molar-refractivity contribution in [1.82, 2.24) is 4.90 Å². The highest BCUT2D eigenvalue weighted by molar-refractivity contribution is 6.17. The number of amides is 1. The number of hydrogen-bond donors (Lipinski definition) is 0. The molecule has 0 aliphatic carbocycles. The molecular weight excluding hydrogens is 246 g/mol. The van der Waals surface area contributed by atoms with E-state index in [0.29, 0.717) is 5.88 Å². The van der Waals surface area contributed by atoms with E-state index in [9.17, 15) is 4.79 Å². The van der Waals surface area contributed by atoms with Gasteiger partial charge in [-0.15, -0.1) is 11.6 Å². The van der Waals surface area contributed by atoms with E-state index in [1.165, 1.54) is 0 Å². The molecule has 0 aromatic heterocycles. The van der Waals surface area contributed by atoms with Gasteiger partial charge < -0.3 is 4.90 Å². The molecule has 0 heterocycles. The predicted octanol–water partition coefficient (Wildman–Crippen LogP) is 3.66. The molecule has 0 fully saturated rings. The molecule has 1 amide bonds. The van der Waals surface area contributed by atoms with E-state index in [0.717, 1.165) is 31.4 Å². The van der Waals surface area contributed by atoms with Gasteiger partial charge in [-0.2, -0.15) is 0 Å². The predicted molar refractivity (Wildman–Crippen MR) is 77.1 cm³/mol. The second kappa shape index (κ2) is 8.15. The fourth-order valence-electron chi connectivity index (χ4n) is 1.95. The normalized spacial score (nSPS) is 12.2. The van der Waals surface area contributed by atoms with E-state index in [1.54, 1.807) is 0 Å². The maximum atomic E-state index is 12.2. The SMILES string of the molecule is CC(C(=O)N(C)CCCCCCl)c1ccccc1. The maximum Gasteiger partial charge on any atom is 0.229 e. The van der Waals surface area contributed by atoms with Crippen molar-refractivity contribution in [1.29, 1.82) is 0 Å². The Morgan fingerprint density at radius 1 is 1.22 bits per heavy atom. The van der Waals surface area contributed by atoms with Crippen LogP contribution in [0.5, 0.6) is 0 Å². The summed E-state index contributed by atoms with van der Waals surface area (Å²) in [7, 11) is 1.88. The van der Waals surface area contributed by atoms with Crippen LogP contribution in [0.4, 0.5) is 0 Å². The Kier molecular flexibility index (Phi) is 6.81. The molecule has 1 aromatic rings. The Hall–Kier alpha value is -1.02. The summed E-state index contributed by atoms with van der Waals surface area (Å²) in [4.78, 5) is 14.0. The van der Waals surface area contributed by atoms with Gasteiger partial charge in [0.15, 0.2) is 0 Å². The zero-order valence-electron chi connectivity index (χ0n) is 11.2. The van der Waals surface area contributed by atoms with Crippen molar-refractivity contribution in [2.45, 2.75) is 32.1 Å². The molecule has 0 saturated carbocycles. The van der Waals surface area contributed by atoms with E-state index < -0.39 is 0 Å². The van der Waals surface area contributed by atoms with Crippen molar-refractivity contribution in [3.8, 4) is 0 Å². The van der Waals surface area contributed by atoms with E-state index in [1.807, 2.05) is 49.2 Å². The Labute approximate surface area is 115 Å². The first-order chi connectivity index (χ1) is 8.66. The van der Waals surface area contributed by atoms with Crippen LogP contribution in [-0.2, 0) is 4.79 Å². The maximum absolute atomic E-state index is 12.2. The highest BCUT2D eigenvalue weighted by Crippen LogP contribution is 2.17. The van der Waals surface area contributed by atoms with Crippen LogP contribution in [0.25, 0.3) is 0 Å². The van der Waals surface area contributed by atoms with Crippen molar-refractivity contribution in [2.24, 2.45) is 0 Å². The zero-order valence-corrected chi connectivity index (χ0v) is 12.0. The van der Waals surface area contributed by atoms with E-state index in [2.05, 4.69) is 0 Å². The van der Waals surface area contributed by atoms with Gasteiger partial charge in [-0.1, -0.05) is 36.8 Å². The molecule has 3 heteroatoms. The van der Waals surface area contributed by atoms with Crippen LogP contribution in [0.3, 0.4) is 0 Å². The van der Waals surface area contributed by atoms with Gasteiger partial charge in [0.1, 0.15) is 0 Å². The second-order valence-electron chi connectivity index (χ2n) is 4.64. The number of hydrogen-bond acceptors (Lipinski definition) is 1. The summed E-state index contributed by atoms with van der Waals surface area (Å²) in [5, 5.41) is 0. The molecule has 0 aliphatic heterocycles. The molecule has 0 saturated heterocycles. The average molecular weight is 268 g/mol. The summed E-state index contributed by atoms with van der Waals surface area (Å²) in [6, 6.07) is 9.92. The minimum Gasteiger partial charge on any atom is -0.345 e. The largest absolute Gasteiger partial charge is 0.345 e. The summed E-state index contributed by atoms with van der Waals surface area (Å²) in [6.45, 7) is 2.78. The van der Waals surface area contributed by atoms with Gasteiger partial charge in [0.2, 0.25) is 5.91 Å². The van der Waals surface area contributed by atoms with Crippen LogP contribution >= 0.6 is 11.6 Å². The first-order valence-corrected chi connectivity index (χ1v) is 7.06. The number of benzene rings is 1. The third-order valence-corrected chi connectivity index (χ3v) is 3.44. The Morgan fingerprint density at radius 2 is 1.89 bits per heavy atom. The van der Waals surface area contributed by atoms with Crippen LogP contribution < -0.4 is 0 Å². The molecule has 0 aliphatic rings. The number of rotatable bonds is 7. The van der Waals surface area contributed by atoms with Crippen LogP contribution in [0.15, 0.2) is 30.3 Å². The minimum absolute atomic E-state index is 0.0655. The second-order valence-corrected chi connectivity index (χ2v) is 5.02. The third-order valence-electron chi connectivity index (χ3n) is 3.17. The molecule has 100 valence electrons. The first-order valence-electron chi connectivity index (χ1n) is 6.52. The quantitative estimate of drug-likeness (QED) is 0.545. The molecule has 0 spiro atoms. The lowest BCUT2D eigenvalue weighted by Crippen LogP contribution is -2.31. The van der Waals surface area contributed by atoms with Gasteiger partial charge in [-0.05, 0) is 25.3 Å². The van der Waals surface area contributed by atoms with Crippen molar-refractivity contribution in [3.05, 3.63) is 35.9 Å². The smallest absolute Gasteiger partial charge is 0.229 e. The fourth-order valence-corrected chi connectivity index (χ4v) is 2.13. The van der Waals surface area contributed by atoms with E-state index in [4.69, 9.17) is 11.6 Å². The standard InChI is InChI=1S/C15H22ClNO/c1-13(14-9-5-3-6-10-14)15(18)17(2)12-8-4-7-11-16/h3,5-6,9-10,13H,4,7-8,11-12H2,1-2H3. The Bertz CT molecular complexity index is 353. The molecule has 0 radical (unpaired) electrons. The van der Waals surface area contributed by atoms with Gasteiger partial charge >= 0.3 is 0 Å². The monoisotopic (exact) mass is 267 g/mol. The average Bonchev–Trinajstić information content (AvgIpc) is 2.42. The molecular formula is C15H22ClNO. The van der Waals surface area contributed by atoms with Crippen LogP contribution in [0.1, 0.15) is 37.7 Å². The van der Waals surface area contributed by atoms with Gasteiger partial charge in [0.05, 0.1) is 5.92 Å². The Balaban J connectivity index is 2.43. The number of nitrogens with zero attached hydrogens (tertiary/aromatic N) is 1. The number of halogens is 1. The molecule has 1 unspecified atom stereocenters. The lowest BCUT2D eigenvalue weighted by molar-refractivity contribution is -0.131. The van der Waals surface area contributed by atoms with Crippen LogP contribution in [0.2, 0.25) is 0 Å². The number of carbonyl (C=O) groups excluding carboxylic acids is 1. The summed E-state index contributed by atoms with van der Waals surface area (Å²) >= 11 is 5.63. The Morgan fingerprint density at radius 3 is 2.50 bits per heavy atom. The van der Waals surface area contributed by atoms with Gasteiger partial charge in [-0.25, -0.2) is 0 Å². The molecule has 2 nitrogen and oxygen atoms in total. The topological polar surface area (TPSA) is 20.3 Å². The van der Waals surface area contributed by atoms with E-state index in [-0.39, 0.29) is 11.8 Å². The number of carbonyl (C=O) groups is 1. The van der Waals surface area contributed by atoms with Crippen molar-refractivity contribution in [3.63, 3.8) is 0 Å². The summed E-state index contributed by atoms with van der Waals surface area (Å²) in [5.74, 6) is 0.828. The summed E-state index contributed by atoms with van der Waals surface area (Å²) in [5.41, 5.74) is 1.08. The van der Waals surface area contributed by atoms with Gasteiger partial charge in [0.25, 0.3) is 0 Å². The van der Waals surface area contributed by atoms with Crippen molar-refractivity contribution < 1.29 is 4.79 Å². The molecule has 1 atom stereocenters. The highest BCUT2D eigenvalue weighted by Gasteiger charge is 2.18. The number of unbranched alkanes of at least 4 members (excludes halogenated alkanes) is 2. The number of likely N-dealkylation sites (N-methyl/N-ethyl adjacent to an activating group) is 1. The zero-order chi connectivity index (χ0) is 13.4. The summed E-state index contributed by atoms with van der Waals surface area (Å²) < 4.78 is 0. The number of alkyl halides is 1. The first kappa shape index (κ1) is 15.0. The molecule has 18 heavy (non-hydrogen) atoms. The lowest BCUT2D eigenvalue weighted by atomic mass is 10.00. The van der Waals surface area contributed by atoms with Crippen LogP contribution in [0, 0.1) is 0 Å². The van der Waals surface area contributed by atoms with Crippen LogP contribution in [-0.4, -0.2) is 30.3 Å². The minimum atomic E-state index is -0.0655. The van der Waals surface area contributed by atoms with Gasteiger partial charge in [-0.3, -0.25) is 4.79 Å². The van der Waals surface area contributed by atoms with Crippen molar-refractivity contribution in [2.75, 3.05) is 19.5 Å². The summed E-state index contributed by atoms with van der Waals surface area (Å²) in [6.07, 6.45) is 3.13. The lowest BCUT2D eigenvalue weighted by Gasteiger charge is -2.21. The van der Waals surface area contributed by atoms with E-state index >= 15 is 0 Å².